The number of carbonyl (C=O) groups excluding carboxylic acids is 1. The van der Waals surface area contributed by atoms with Crippen molar-refractivity contribution in [2.45, 2.75) is 10.1 Å². The van der Waals surface area contributed by atoms with E-state index in [9.17, 15) is 4.79 Å². The number of Topliss-reactive ketones (excluding diaryl/α,β-unsaturated/α-hetero) is 1. The molecule has 0 aliphatic heterocycles. The van der Waals surface area contributed by atoms with Gasteiger partial charge in [0, 0.05) is 0 Å². The zero-order valence-corrected chi connectivity index (χ0v) is 13.2. The monoisotopic (exact) mass is 367 g/mol. The standard InChI is InChI=1S/C15H12BrOSe/c1-15(16,18)14(17)13-9-7-12(8-10-13)11-5-3-2-4-6-11/h2-10H,1H3. The Morgan fingerprint density at radius 2 is 1.50 bits per heavy atom. The molecule has 0 heterocycles. The van der Waals surface area contributed by atoms with E-state index < -0.39 is 3.22 Å². The molecule has 0 spiro atoms. The molecule has 0 amide bonds. The second kappa shape index (κ2) is 5.39. The summed E-state index contributed by atoms with van der Waals surface area (Å²) in [4.78, 5) is 12.0. The topological polar surface area (TPSA) is 17.1 Å². The van der Waals surface area contributed by atoms with Crippen LogP contribution < -0.4 is 0 Å². The average Bonchev–Trinajstić information content (AvgIpc) is 2.38. The zero-order chi connectivity index (χ0) is 13.2. The molecule has 0 saturated carbocycles. The van der Waals surface area contributed by atoms with Crippen LogP contribution in [-0.4, -0.2) is 25.0 Å². The molecule has 0 saturated heterocycles. The average molecular weight is 367 g/mol. The number of hydrogen-bond acceptors (Lipinski definition) is 1. The summed E-state index contributed by atoms with van der Waals surface area (Å²) in [5.74, 6) is 0.0436. The molecule has 0 aliphatic carbocycles. The number of benzene rings is 2. The quantitative estimate of drug-likeness (QED) is 0.458. The molecule has 0 aromatic heterocycles. The van der Waals surface area contributed by atoms with Gasteiger partial charge in [-0.15, -0.1) is 0 Å². The Balaban J connectivity index is 2.29. The zero-order valence-electron chi connectivity index (χ0n) is 9.89. The molecule has 2 rings (SSSR count). The number of alkyl halides is 1. The first-order valence-corrected chi connectivity index (χ1v) is 7.23. The molecule has 0 N–H and O–H groups in total. The molecule has 18 heavy (non-hydrogen) atoms. The van der Waals surface area contributed by atoms with Crippen molar-refractivity contribution < 1.29 is 4.79 Å². The number of rotatable bonds is 3. The van der Waals surface area contributed by atoms with Crippen LogP contribution in [-0.2, 0) is 0 Å². The molecule has 1 atom stereocenters. The molecule has 91 valence electrons. The van der Waals surface area contributed by atoms with Crippen LogP contribution in [0.3, 0.4) is 0 Å². The maximum atomic E-state index is 12.0. The normalized spacial score (nSPS) is 13.9. The van der Waals surface area contributed by atoms with Gasteiger partial charge in [0.05, 0.1) is 0 Å². The summed E-state index contributed by atoms with van der Waals surface area (Å²) >= 11 is 6.17. The fraction of sp³-hybridized carbons (Fsp3) is 0.133. The third-order valence-corrected chi connectivity index (χ3v) is 3.41. The molecule has 2 aromatic rings. The van der Waals surface area contributed by atoms with Crippen LogP contribution in [0.2, 0.25) is 0 Å². The van der Waals surface area contributed by atoms with Gasteiger partial charge in [-0.1, -0.05) is 0 Å². The molecular formula is C15H12BrOSe. The minimum absolute atomic E-state index is 0.0436. The van der Waals surface area contributed by atoms with Gasteiger partial charge in [0.2, 0.25) is 0 Å². The third-order valence-electron chi connectivity index (χ3n) is 2.66. The molecule has 0 aliphatic rings. The predicted molar refractivity (Wildman–Crippen MR) is 79.3 cm³/mol. The summed E-state index contributed by atoms with van der Waals surface area (Å²) in [6.07, 6.45) is 0. The molecular weight excluding hydrogens is 355 g/mol. The number of ketones is 1. The summed E-state index contributed by atoms with van der Waals surface area (Å²) in [5.41, 5.74) is 2.97. The van der Waals surface area contributed by atoms with Crippen LogP contribution in [0.25, 0.3) is 11.1 Å². The van der Waals surface area contributed by atoms with Crippen molar-refractivity contribution in [1.29, 1.82) is 0 Å². The molecule has 2 aromatic carbocycles. The van der Waals surface area contributed by atoms with Crippen LogP contribution in [0.4, 0.5) is 0 Å². The van der Waals surface area contributed by atoms with E-state index in [1.807, 2.05) is 42.5 Å². The summed E-state index contributed by atoms with van der Waals surface area (Å²) in [6, 6.07) is 17.8. The van der Waals surface area contributed by atoms with Gasteiger partial charge in [-0.3, -0.25) is 0 Å². The van der Waals surface area contributed by atoms with E-state index in [1.165, 1.54) is 0 Å². The van der Waals surface area contributed by atoms with Crippen molar-refractivity contribution in [1.82, 2.24) is 0 Å². The summed E-state index contributed by atoms with van der Waals surface area (Å²) in [6.45, 7) is 1.81. The van der Waals surface area contributed by atoms with E-state index in [0.717, 1.165) is 11.1 Å². The van der Waals surface area contributed by atoms with Gasteiger partial charge in [-0.05, 0) is 0 Å². The van der Waals surface area contributed by atoms with Crippen molar-refractivity contribution >= 4 is 37.7 Å². The molecule has 1 unspecified atom stereocenters. The van der Waals surface area contributed by atoms with Crippen LogP contribution >= 0.6 is 15.9 Å². The predicted octanol–water partition coefficient (Wildman–Crippen LogP) is 3.82. The molecule has 0 bridgehead atoms. The van der Waals surface area contributed by atoms with E-state index >= 15 is 0 Å². The Hall–Kier alpha value is -0.891. The van der Waals surface area contributed by atoms with E-state index in [0.29, 0.717) is 5.56 Å². The van der Waals surface area contributed by atoms with Gasteiger partial charge < -0.3 is 0 Å². The third kappa shape index (κ3) is 3.11. The molecule has 0 fully saturated rings. The maximum absolute atomic E-state index is 12.0. The molecule has 1 radical (unpaired) electrons. The summed E-state index contributed by atoms with van der Waals surface area (Å²) in [7, 11) is 0. The summed E-state index contributed by atoms with van der Waals surface area (Å²) in [5, 5.41) is 0. The first kappa shape index (κ1) is 13.5. The van der Waals surface area contributed by atoms with Gasteiger partial charge >= 0.3 is 124 Å². The van der Waals surface area contributed by atoms with Crippen LogP contribution in [0, 0.1) is 0 Å². The Bertz CT molecular complexity index is 541. The van der Waals surface area contributed by atoms with E-state index in [2.05, 4.69) is 44.1 Å². The number of carbonyl (C=O) groups is 1. The molecule has 3 heteroatoms. The SMILES string of the molecule is CC([Se])(Br)C(=O)c1ccc(-c2ccccc2)cc1. The van der Waals surface area contributed by atoms with Crippen molar-refractivity contribution in [3.63, 3.8) is 0 Å². The van der Waals surface area contributed by atoms with Crippen molar-refractivity contribution in [2.75, 3.05) is 0 Å². The van der Waals surface area contributed by atoms with Gasteiger partial charge in [0.25, 0.3) is 0 Å². The van der Waals surface area contributed by atoms with Gasteiger partial charge in [-0.25, -0.2) is 0 Å². The van der Waals surface area contributed by atoms with Crippen LogP contribution in [0.15, 0.2) is 54.6 Å². The number of hydrogen-bond donors (Lipinski definition) is 0. The van der Waals surface area contributed by atoms with E-state index in [-0.39, 0.29) is 5.78 Å². The fourth-order valence-corrected chi connectivity index (χ4v) is 2.18. The summed E-state index contributed by atoms with van der Waals surface area (Å²) < 4.78 is -0.638. The van der Waals surface area contributed by atoms with Gasteiger partial charge in [0.15, 0.2) is 0 Å². The second-order valence-corrected chi connectivity index (χ2v) is 8.67. The first-order chi connectivity index (χ1) is 8.48. The Kier molecular flexibility index (Phi) is 4.06. The first-order valence-electron chi connectivity index (χ1n) is 5.58. The van der Waals surface area contributed by atoms with Crippen molar-refractivity contribution in [3.05, 3.63) is 60.2 Å². The number of halogens is 1. The minimum atomic E-state index is -0.638. The van der Waals surface area contributed by atoms with Crippen LogP contribution in [0.1, 0.15) is 17.3 Å². The van der Waals surface area contributed by atoms with Crippen molar-refractivity contribution in [2.24, 2.45) is 0 Å². The van der Waals surface area contributed by atoms with E-state index in [4.69, 9.17) is 0 Å². The second-order valence-electron chi connectivity index (χ2n) is 4.19. The Morgan fingerprint density at radius 3 is 2.00 bits per heavy atom. The fourth-order valence-electron chi connectivity index (χ4n) is 1.70. The van der Waals surface area contributed by atoms with Gasteiger partial charge in [0.1, 0.15) is 0 Å². The Labute approximate surface area is 124 Å². The van der Waals surface area contributed by atoms with Crippen LogP contribution in [0.5, 0.6) is 0 Å². The van der Waals surface area contributed by atoms with Gasteiger partial charge in [-0.2, -0.15) is 0 Å². The van der Waals surface area contributed by atoms with Crippen molar-refractivity contribution in [3.8, 4) is 11.1 Å². The Morgan fingerprint density at radius 1 is 1.00 bits per heavy atom. The van der Waals surface area contributed by atoms with E-state index in [1.54, 1.807) is 6.92 Å². The molecule has 1 nitrogen and oxygen atoms in total.